The van der Waals surface area contributed by atoms with Gasteiger partial charge in [-0.2, -0.15) is 5.26 Å². The highest BCUT2D eigenvalue weighted by Crippen LogP contribution is 2.29. The van der Waals surface area contributed by atoms with Crippen LogP contribution in [0.2, 0.25) is 0 Å². The lowest BCUT2D eigenvalue weighted by molar-refractivity contribution is -0.112. The van der Waals surface area contributed by atoms with E-state index >= 15 is 0 Å². The van der Waals surface area contributed by atoms with E-state index in [2.05, 4.69) is 22.8 Å². The molecular weight excluding hydrogens is 350 g/mol. The summed E-state index contributed by atoms with van der Waals surface area (Å²) in [6, 6.07) is 22.4. The third-order valence-electron chi connectivity index (χ3n) is 4.39. The molecule has 0 saturated carbocycles. The molecule has 140 valence electrons. The Balaban J connectivity index is 1.60. The van der Waals surface area contributed by atoms with E-state index in [1.165, 1.54) is 11.8 Å². The molecule has 5 heteroatoms. The van der Waals surface area contributed by atoms with Crippen molar-refractivity contribution in [3.8, 4) is 11.8 Å². The molecule has 0 spiro atoms. The van der Waals surface area contributed by atoms with E-state index in [1.54, 1.807) is 30.3 Å². The summed E-state index contributed by atoms with van der Waals surface area (Å²) in [7, 11) is 0. The maximum atomic E-state index is 12.5. The molecule has 28 heavy (non-hydrogen) atoms. The third-order valence-corrected chi connectivity index (χ3v) is 4.39. The van der Waals surface area contributed by atoms with Crippen molar-refractivity contribution < 1.29 is 9.90 Å². The SMILES string of the molecule is N#C/C(=C/NCCCc1ccccc1)C(=O)Nc1cccc2c(O)cccc12. The van der Waals surface area contributed by atoms with Gasteiger partial charge in [-0.25, -0.2) is 0 Å². The van der Waals surface area contributed by atoms with Crippen LogP contribution in [0.15, 0.2) is 78.5 Å². The first-order chi connectivity index (χ1) is 13.7. The van der Waals surface area contributed by atoms with Crippen molar-refractivity contribution >= 4 is 22.4 Å². The Bertz CT molecular complexity index is 1040. The number of rotatable bonds is 7. The van der Waals surface area contributed by atoms with Gasteiger partial charge in [0.15, 0.2) is 0 Å². The summed E-state index contributed by atoms with van der Waals surface area (Å²) in [4.78, 5) is 12.5. The first kappa shape index (κ1) is 19.0. The highest BCUT2D eigenvalue weighted by Gasteiger charge is 2.11. The number of carbonyl (C=O) groups is 1. The second kappa shape index (κ2) is 9.24. The van der Waals surface area contributed by atoms with Gasteiger partial charge < -0.3 is 15.7 Å². The van der Waals surface area contributed by atoms with Crippen molar-refractivity contribution in [2.75, 3.05) is 11.9 Å². The van der Waals surface area contributed by atoms with Crippen LogP contribution in [-0.2, 0) is 11.2 Å². The topological polar surface area (TPSA) is 85.2 Å². The predicted molar refractivity (Wildman–Crippen MR) is 111 cm³/mol. The molecule has 0 aliphatic carbocycles. The zero-order valence-electron chi connectivity index (χ0n) is 15.4. The summed E-state index contributed by atoms with van der Waals surface area (Å²) < 4.78 is 0. The number of aryl methyl sites for hydroxylation is 1. The van der Waals surface area contributed by atoms with Gasteiger partial charge >= 0.3 is 0 Å². The third kappa shape index (κ3) is 4.68. The summed E-state index contributed by atoms with van der Waals surface area (Å²) in [5.41, 5.74) is 1.80. The smallest absolute Gasteiger partial charge is 0.267 e. The fourth-order valence-corrected chi connectivity index (χ4v) is 2.95. The number of nitriles is 1. The zero-order chi connectivity index (χ0) is 19.8. The van der Waals surface area contributed by atoms with Crippen LogP contribution in [-0.4, -0.2) is 17.6 Å². The number of hydrogen-bond acceptors (Lipinski definition) is 4. The molecular formula is C23H21N3O2. The van der Waals surface area contributed by atoms with Gasteiger partial charge in [-0.05, 0) is 30.5 Å². The number of aromatic hydroxyl groups is 1. The molecule has 5 nitrogen and oxygen atoms in total. The van der Waals surface area contributed by atoms with Gasteiger partial charge in [-0.15, -0.1) is 0 Å². The van der Waals surface area contributed by atoms with Crippen molar-refractivity contribution in [3.05, 3.63) is 84.1 Å². The van der Waals surface area contributed by atoms with Crippen LogP contribution in [0.5, 0.6) is 5.75 Å². The van der Waals surface area contributed by atoms with E-state index < -0.39 is 5.91 Å². The maximum absolute atomic E-state index is 12.5. The van der Waals surface area contributed by atoms with E-state index in [0.717, 1.165) is 12.8 Å². The second-order valence-electron chi connectivity index (χ2n) is 6.35. The van der Waals surface area contributed by atoms with E-state index in [-0.39, 0.29) is 11.3 Å². The van der Waals surface area contributed by atoms with Crippen molar-refractivity contribution in [1.82, 2.24) is 5.32 Å². The number of fused-ring (bicyclic) bond motifs is 1. The number of phenolic OH excluding ortho intramolecular Hbond substituents is 1. The first-order valence-electron chi connectivity index (χ1n) is 9.08. The van der Waals surface area contributed by atoms with Gasteiger partial charge in [0.25, 0.3) is 5.91 Å². The molecule has 0 atom stereocenters. The van der Waals surface area contributed by atoms with Gasteiger partial charge in [0, 0.05) is 29.2 Å². The van der Waals surface area contributed by atoms with Gasteiger partial charge in [0.2, 0.25) is 0 Å². The summed E-state index contributed by atoms with van der Waals surface area (Å²) in [6.07, 6.45) is 3.27. The molecule has 3 rings (SSSR count). The Hall–Kier alpha value is -3.78. The molecule has 0 fully saturated rings. The minimum Gasteiger partial charge on any atom is -0.507 e. The van der Waals surface area contributed by atoms with E-state index in [1.807, 2.05) is 30.3 Å². The molecule has 0 radical (unpaired) electrons. The summed E-state index contributed by atoms with van der Waals surface area (Å²) in [5.74, 6) is -0.348. The van der Waals surface area contributed by atoms with Crippen LogP contribution >= 0.6 is 0 Å². The molecule has 1 amide bonds. The van der Waals surface area contributed by atoms with Crippen LogP contribution in [0.1, 0.15) is 12.0 Å². The number of hydrogen-bond donors (Lipinski definition) is 3. The van der Waals surface area contributed by atoms with E-state index in [9.17, 15) is 15.2 Å². The average Bonchev–Trinajstić information content (AvgIpc) is 2.72. The van der Waals surface area contributed by atoms with Crippen LogP contribution in [0.3, 0.4) is 0 Å². The Morgan fingerprint density at radius 2 is 1.75 bits per heavy atom. The fourth-order valence-electron chi connectivity index (χ4n) is 2.95. The standard InChI is InChI=1S/C23H21N3O2/c24-15-18(16-25-14-6-9-17-7-2-1-3-8-17)23(28)26-21-12-4-11-20-19(21)10-5-13-22(20)27/h1-5,7-8,10-13,16,25,27H,6,9,14H2,(H,26,28)/b18-16-. The molecule has 0 bridgehead atoms. The molecule has 0 unspecified atom stereocenters. The highest BCUT2D eigenvalue weighted by atomic mass is 16.3. The zero-order valence-corrected chi connectivity index (χ0v) is 15.4. The minimum absolute atomic E-state index is 0.00290. The highest BCUT2D eigenvalue weighted by molar-refractivity contribution is 6.11. The number of benzene rings is 3. The Kier molecular flexibility index (Phi) is 6.27. The molecule has 0 aromatic heterocycles. The Morgan fingerprint density at radius 3 is 2.54 bits per heavy atom. The minimum atomic E-state index is -0.492. The number of anilines is 1. The molecule has 0 heterocycles. The molecule has 3 aromatic carbocycles. The van der Waals surface area contributed by atoms with E-state index in [4.69, 9.17) is 0 Å². The number of carbonyl (C=O) groups excluding carboxylic acids is 1. The molecule has 3 N–H and O–H groups in total. The molecule has 0 aliphatic rings. The molecule has 0 aliphatic heterocycles. The van der Waals surface area contributed by atoms with Crippen molar-refractivity contribution in [1.29, 1.82) is 5.26 Å². The first-order valence-corrected chi connectivity index (χ1v) is 9.08. The van der Waals surface area contributed by atoms with Crippen LogP contribution < -0.4 is 10.6 Å². The summed E-state index contributed by atoms with van der Waals surface area (Å²) >= 11 is 0. The lowest BCUT2D eigenvalue weighted by Crippen LogP contribution is -2.17. The van der Waals surface area contributed by atoms with Crippen LogP contribution in [0, 0.1) is 11.3 Å². The maximum Gasteiger partial charge on any atom is 0.267 e. The molecule has 3 aromatic rings. The van der Waals surface area contributed by atoms with Crippen molar-refractivity contribution in [2.45, 2.75) is 12.8 Å². The normalized spacial score (nSPS) is 11.0. The number of phenols is 1. The predicted octanol–water partition coefficient (Wildman–Crippen LogP) is 4.11. The largest absolute Gasteiger partial charge is 0.507 e. The van der Waals surface area contributed by atoms with Gasteiger partial charge in [0.1, 0.15) is 17.4 Å². The molecule has 0 saturated heterocycles. The second-order valence-corrected chi connectivity index (χ2v) is 6.35. The Labute approximate surface area is 163 Å². The number of nitrogens with zero attached hydrogens (tertiary/aromatic N) is 1. The van der Waals surface area contributed by atoms with Gasteiger partial charge in [-0.3, -0.25) is 4.79 Å². The number of amides is 1. The quantitative estimate of drug-likeness (QED) is 0.331. The average molecular weight is 371 g/mol. The lowest BCUT2D eigenvalue weighted by Gasteiger charge is -2.09. The van der Waals surface area contributed by atoms with Gasteiger partial charge in [0.05, 0.1) is 0 Å². The summed E-state index contributed by atoms with van der Waals surface area (Å²) in [6.45, 7) is 0.662. The fraction of sp³-hybridized carbons (Fsp3) is 0.130. The van der Waals surface area contributed by atoms with Crippen LogP contribution in [0.25, 0.3) is 10.8 Å². The monoisotopic (exact) mass is 371 g/mol. The van der Waals surface area contributed by atoms with E-state index in [0.29, 0.717) is 23.0 Å². The summed E-state index contributed by atoms with van der Waals surface area (Å²) in [5, 5.41) is 26.4. The van der Waals surface area contributed by atoms with Gasteiger partial charge in [-0.1, -0.05) is 54.6 Å². The Morgan fingerprint density at radius 1 is 1.00 bits per heavy atom. The lowest BCUT2D eigenvalue weighted by atomic mass is 10.1. The number of nitrogens with one attached hydrogen (secondary N) is 2. The van der Waals surface area contributed by atoms with Crippen molar-refractivity contribution in [3.63, 3.8) is 0 Å². The van der Waals surface area contributed by atoms with Crippen molar-refractivity contribution in [2.24, 2.45) is 0 Å². The van der Waals surface area contributed by atoms with Crippen LogP contribution in [0.4, 0.5) is 5.69 Å².